The minimum atomic E-state index is -0.0874. The summed E-state index contributed by atoms with van der Waals surface area (Å²) in [4.78, 5) is 0. The number of hydrogen-bond acceptors (Lipinski definition) is 2. The molecule has 0 heterocycles. The highest BCUT2D eigenvalue weighted by Gasteiger charge is 2.03. The molecule has 0 aromatic heterocycles. The molecule has 0 aliphatic rings. The van der Waals surface area contributed by atoms with E-state index in [-0.39, 0.29) is 13.2 Å². The number of aryl methyl sites for hydroxylation is 1. The molecule has 2 nitrogen and oxygen atoms in total. The Morgan fingerprint density at radius 1 is 1.17 bits per heavy atom. The van der Waals surface area contributed by atoms with Gasteiger partial charge in [-0.05, 0) is 29.7 Å². The van der Waals surface area contributed by atoms with E-state index in [0.29, 0.717) is 10.6 Å². The fraction of sp³-hybridized carbons (Fsp3) is 0.333. The van der Waals surface area contributed by atoms with Crippen molar-refractivity contribution in [3.05, 3.63) is 33.8 Å². The van der Waals surface area contributed by atoms with Crippen LogP contribution >= 0.6 is 11.6 Å². The molecule has 0 bridgehead atoms. The molecule has 0 amide bonds. The average molecular weight is 187 g/mol. The van der Waals surface area contributed by atoms with Crippen LogP contribution in [-0.4, -0.2) is 10.2 Å². The smallest absolute Gasteiger partial charge is 0.0685 e. The van der Waals surface area contributed by atoms with E-state index in [9.17, 15) is 0 Å². The molecular weight excluding hydrogens is 176 g/mol. The maximum Gasteiger partial charge on any atom is 0.0685 e. The van der Waals surface area contributed by atoms with E-state index < -0.39 is 0 Å². The van der Waals surface area contributed by atoms with Crippen LogP contribution in [0.15, 0.2) is 12.1 Å². The number of hydrogen-bond donors (Lipinski definition) is 2. The summed E-state index contributed by atoms with van der Waals surface area (Å²) in [6.45, 7) is 1.71. The Morgan fingerprint density at radius 3 is 2.17 bits per heavy atom. The van der Waals surface area contributed by atoms with Gasteiger partial charge in [-0.2, -0.15) is 0 Å². The van der Waals surface area contributed by atoms with Crippen LogP contribution in [0.2, 0.25) is 5.02 Å². The molecule has 0 aliphatic carbocycles. The zero-order valence-corrected chi connectivity index (χ0v) is 7.60. The summed E-state index contributed by atoms with van der Waals surface area (Å²) < 4.78 is 0. The number of benzene rings is 1. The molecule has 0 aliphatic heterocycles. The van der Waals surface area contributed by atoms with Crippen LogP contribution in [0.4, 0.5) is 0 Å². The van der Waals surface area contributed by atoms with Crippen LogP contribution < -0.4 is 0 Å². The third-order valence-corrected chi connectivity index (χ3v) is 2.23. The predicted octanol–water partition coefficient (Wildman–Crippen LogP) is 1.63. The van der Waals surface area contributed by atoms with E-state index in [2.05, 4.69) is 0 Å². The molecule has 0 unspecified atom stereocenters. The van der Waals surface area contributed by atoms with Crippen LogP contribution in [0.5, 0.6) is 0 Å². The van der Waals surface area contributed by atoms with Gasteiger partial charge in [0.2, 0.25) is 0 Å². The van der Waals surface area contributed by atoms with E-state index in [0.717, 1.165) is 11.1 Å². The summed E-state index contributed by atoms with van der Waals surface area (Å²) in [6.07, 6.45) is 0. The van der Waals surface area contributed by atoms with E-state index in [1.54, 1.807) is 12.1 Å². The van der Waals surface area contributed by atoms with E-state index in [4.69, 9.17) is 21.8 Å². The number of halogens is 1. The molecule has 0 atom stereocenters. The van der Waals surface area contributed by atoms with Crippen molar-refractivity contribution in [3.8, 4) is 0 Å². The first-order valence-corrected chi connectivity index (χ1v) is 4.06. The second-order valence-corrected chi connectivity index (χ2v) is 3.09. The van der Waals surface area contributed by atoms with Crippen molar-refractivity contribution in [2.24, 2.45) is 0 Å². The highest BCUT2D eigenvalue weighted by molar-refractivity contribution is 6.31. The summed E-state index contributed by atoms with van der Waals surface area (Å²) in [7, 11) is 0. The van der Waals surface area contributed by atoms with Gasteiger partial charge in [-0.3, -0.25) is 0 Å². The van der Waals surface area contributed by atoms with Gasteiger partial charge in [0.1, 0.15) is 0 Å². The zero-order valence-electron chi connectivity index (χ0n) is 6.84. The minimum Gasteiger partial charge on any atom is -0.392 e. The molecule has 3 heteroatoms. The topological polar surface area (TPSA) is 40.5 Å². The Labute approximate surface area is 76.4 Å². The number of rotatable bonds is 2. The Bertz CT molecular complexity index is 255. The third-order valence-electron chi connectivity index (χ3n) is 1.82. The number of aliphatic hydroxyl groups excluding tert-OH is 2. The van der Waals surface area contributed by atoms with Crippen LogP contribution in [-0.2, 0) is 13.2 Å². The van der Waals surface area contributed by atoms with Crippen molar-refractivity contribution in [1.29, 1.82) is 0 Å². The van der Waals surface area contributed by atoms with Crippen LogP contribution in [0.1, 0.15) is 16.7 Å². The number of aliphatic hydroxyl groups is 2. The Kier molecular flexibility index (Phi) is 3.09. The molecule has 1 rings (SSSR count). The molecular formula is C9H11ClO2. The fourth-order valence-corrected chi connectivity index (χ4v) is 1.26. The van der Waals surface area contributed by atoms with Gasteiger partial charge in [-0.1, -0.05) is 17.7 Å². The van der Waals surface area contributed by atoms with E-state index in [1.165, 1.54) is 0 Å². The SMILES string of the molecule is Cc1cc(CO)c(CO)cc1Cl. The van der Waals surface area contributed by atoms with Gasteiger partial charge < -0.3 is 10.2 Å². The lowest BCUT2D eigenvalue weighted by Crippen LogP contribution is -1.95. The minimum absolute atomic E-state index is 0.0616. The molecule has 0 saturated heterocycles. The maximum absolute atomic E-state index is 8.91. The quantitative estimate of drug-likeness (QED) is 0.737. The monoisotopic (exact) mass is 186 g/mol. The molecule has 2 N–H and O–H groups in total. The molecule has 1 aromatic carbocycles. The van der Waals surface area contributed by atoms with Crippen molar-refractivity contribution < 1.29 is 10.2 Å². The van der Waals surface area contributed by atoms with Gasteiger partial charge in [0.15, 0.2) is 0 Å². The summed E-state index contributed by atoms with van der Waals surface area (Å²) in [5.74, 6) is 0. The first-order valence-electron chi connectivity index (χ1n) is 3.68. The zero-order chi connectivity index (χ0) is 9.14. The first kappa shape index (κ1) is 9.52. The molecule has 0 saturated carbocycles. The largest absolute Gasteiger partial charge is 0.392 e. The molecule has 12 heavy (non-hydrogen) atoms. The van der Waals surface area contributed by atoms with Gasteiger partial charge in [-0.15, -0.1) is 0 Å². The lowest BCUT2D eigenvalue weighted by Gasteiger charge is -2.07. The van der Waals surface area contributed by atoms with Gasteiger partial charge in [0.25, 0.3) is 0 Å². The van der Waals surface area contributed by atoms with Gasteiger partial charge in [-0.25, -0.2) is 0 Å². The van der Waals surface area contributed by atoms with E-state index >= 15 is 0 Å². The summed E-state index contributed by atoms with van der Waals surface area (Å²) in [6, 6.07) is 3.47. The van der Waals surface area contributed by atoms with Crippen molar-refractivity contribution in [3.63, 3.8) is 0 Å². The summed E-state index contributed by atoms with van der Waals surface area (Å²) in [5, 5.41) is 18.4. The average Bonchev–Trinajstić information content (AvgIpc) is 2.09. The lowest BCUT2D eigenvalue weighted by atomic mass is 10.1. The first-order chi connectivity index (χ1) is 5.69. The van der Waals surface area contributed by atoms with Crippen LogP contribution in [0, 0.1) is 6.92 Å². The molecule has 0 spiro atoms. The molecule has 1 aromatic rings. The summed E-state index contributed by atoms with van der Waals surface area (Å²) >= 11 is 5.83. The van der Waals surface area contributed by atoms with Crippen LogP contribution in [0.3, 0.4) is 0 Å². The van der Waals surface area contributed by atoms with Gasteiger partial charge in [0.05, 0.1) is 13.2 Å². The highest BCUT2D eigenvalue weighted by Crippen LogP contribution is 2.20. The maximum atomic E-state index is 8.91. The van der Waals surface area contributed by atoms with Gasteiger partial charge >= 0.3 is 0 Å². The normalized spacial score (nSPS) is 10.3. The molecule has 66 valence electrons. The highest BCUT2D eigenvalue weighted by atomic mass is 35.5. The Hall–Kier alpha value is -0.570. The van der Waals surface area contributed by atoms with Crippen molar-refractivity contribution in [2.75, 3.05) is 0 Å². The van der Waals surface area contributed by atoms with E-state index in [1.807, 2.05) is 6.92 Å². The van der Waals surface area contributed by atoms with Crippen molar-refractivity contribution in [1.82, 2.24) is 0 Å². The van der Waals surface area contributed by atoms with Crippen LogP contribution in [0.25, 0.3) is 0 Å². The van der Waals surface area contributed by atoms with Crippen molar-refractivity contribution in [2.45, 2.75) is 20.1 Å². The second kappa shape index (κ2) is 3.90. The fourth-order valence-electron chi connectivity index (χ4n) is 1.08. The van der Waals surface area contributed by atoms with Gasteiger partial charge in [0, 0.05) is 5.02 Å². The molecule has 0 radical (unpaired) electrons. The summed E-state index contributed by atoms with van der Waals surface area (Å²) in [5.41, 5.74) is 2.34. The standard InChI is InChI=1S/C9H11ClO2/c1-6-2-7(4-11)8(5-12)3-9(6)10/h2-3,11-12H,4-5H2,1H3. The predicted molar refractivity (Wildman–Crippen MR) is 48.0 cm³/mol. The lowest BCUT2D eigenvalue weighted by molar-refractivity contribution is 0.260. The second-order valence-electron chi connectivity index (χ2n) is 2.69. The Morgan fingerprint density at radius 2 is 1.67 bits per heavy atom. The van der Waals surface area contributed by atoms with Crippen molar-refractivity contribution >= 4 is 11.6 Å². The third kappa shape index (κ3) is 1.78. The Balaban J connectivity index is 3.19. The molecule has 0 fully saturated rings.